The number of anilines is 1. The van der Waals surface area contributed by atoms with E-state index in [1.165, 1.54) is 17.3 Å². The summed E-state index contributed by atoms with van der Waals surface area (Å²) in [4.78, 5) is 37.0. The molecule has 0 saturated heterocycles. The molecule has 1 aliphatic carbocycles. The van der Waals surface area contributed by atoms with E-state index in [9.17, 15) is 14.4 Å². The Kier molecular flexibility index (Phi) is 5.34. The van der Waals surface area contributed by atoms with E-state index in [1.54, 1.807) is 18.2 Å². The summed E-state index contributed by atoms with van der Waals surface area (Å²) in [7, 11) is 0. The molecule has 0 saturated carbocycles. The van der Waals surface area contributed by atoms with Crippen LogP contribution < -0.4 is 10.6 Å². The molecule has 2 aromatic carbocycles. The number of esters is 1. The predicted octanol–water partition coefficient (Wildman–Crippen LogP) is 3.08. The van der Waals surface area contributed by atoms with Crippen molar-refractivity contribution in [1.29, 1.82) is 0 Å². The molecule has 0 bridgehead atoms. The molecule has 1 heterocycles. The molecule has 0 spiro atoms. The Bertz CT molecular complexity index is 944. The summed E-state index contributed by atoms with van der Waals surface area (Å²) >= 11 is 1.42. The number of thioether (sulfide) groups is 1. The van der Waals surface area contributed by atoms with Crippen LogP contribution in [-0.2, 0) is 20.7 Å². The molecule has 144 valence electrons. The highest BCUT2D eigenvalue weighted by Crippen LogP contribution is 2.32. The van der Waals surface area contributed by atoms with Crippen molar-refractivity contribution < 1.29 is 19.1 Å². The topological polar surface area (TPSA) is 84.5 Å². The summed E-state index contributed by atoms with van der Waals surface area (Å²) in [6.07, 6.45) is 2.91. The van der Waals surface area contributed by atoms with E-state index >= 15 is 0 Å². The van der Waals surface area contributed by atoms with E-state index in [0.717, 1.165) is 29.7 Å². The number of hydrogen-bond donors (Lipinski definition) is 2. The van der Waals surface area contributed by atoms with Gasteiger partial charge in [0, 0.05) is 4.90 Å². The Morgan fingerprint density at radius 1 is 1.21 bits per heavy atom. The number of rotatable bonds is 4. The van der Waals surface area contributed by atoms with Gasteiger partial charge in [-0.3, -0.25) is 9.59 Å². The molecule has 2 amide bonds. The Morgan fingerprint density at radius 3 is 2.96 bits per heavy atom. The van der Waals surface area contributed by atoms with Crippen LogP contribution in [-0.4, -0.2) is 30.1 Å². The molecule has 1 aliphatic heterocycles. The highest BCUT2D eigenvalue weighted by molar-refractivity contribution is 8.00. The largest absolute Gasteiger partial charge is 0.452 e. The minimum absolute atomic E-state index is 0.0490. The van der Waals surface area contributed by atoms with Crippen LogP contribution in [0, 0.1) is 0 Å². The molecule has 2 aliphatic rings. The molecule has 7 heteroatoms. The van der Waals surface area contributed by atoms with Crippen molar-refractivity contribution in [1.82, 2.24) is 5.32 Å². The molecule has 28 heavy (non-hydrogen) atoms. The Labute approximate surface area is 167 Å². The first-order chi connectivity index (χ1) is 13.6. The first-order valence-corrected chi connectivity index (χ1v) is 10.2. The number of fused-ring (bicyclic) bond motifs is 2. The van der Waals surface area contributed by atoms with Gasteiger partial charge in [0.15, 0.2) is 6.61 Å². The lowest BCUT2D eigenvalue weighted by atomic mass is 9.88. The lowest BCUT2D eigenvalue weighted by Crippen LogP contribution is -2.34. The molecule has 0 unspecified atom stereocenters. The van der Waals surface area contributed by atoms with E-state index in [1.807, 2.05) is 18.2 Å². The molecule has 0 aromatic heterocycles. The summed E-state index contributed by atoms with van der Waals surface area (Å²) < 4.78 is 5.17. The minimum atomic E-state index is -0.591. The smallest absolute Gasteiger partial charge is 0.338 e. The van der Waals surface area contributed by atoms with E-state index in [4.69, 9.17) is 4.74 Å². The van der Waals surface area contributed by atoms with E-state index in [-0.39, 0.29) is 24.5 Å². The van der Waals surface area contributed by atoms with Crippen molar-refractivity contribution in [3.05, 3.63) is 59.2 Å². The zero-order chi connectivity index (χ0) is 19.5. The lowest BCUT2D eigenvalue weighted by Gasteiger charge is -2.26. The third kappa shape index (κ3) is 4.04. The van der Waals surface area contributed by atoms with Gasteiger partial charge in [0.2, 0.25) is 5.91 Å². The second kappa shape index (κ2) is 8.06. The van der Waals surface area contributed by atoms with Crippen molar-refractivity contribution >= 4 is 35.2 Å². The average Bonchev–Trinajstić information content (AvgIpc) is 2.71. The molecule has 2 N–H and O–H groups in total. The number of carbonyl (C=O) groups is 3. The number of hydrogen-bond acceptors (Lipinski definition) is 5. The molecule has 4 rings (SSSR count). The van der Waals surface area contributed by atoms with Gasteiger partial charge in [0.05, 0.1) is 23.0 Å². The van der Waals surface area contributed by atoms with Crippen molar-refractivity contribution in [2.24, 2.45) is 0 Å². The van der Waals surface area contributed by atoms with Crippen LogP contribution in [0.5, 0.6) is 0 Å². The fourth-order valence-corrected chi connectivity index (χ4v) is 4.35. The highest BCUT2D eigenvalue weighted by atomic mass is 32.2. The quantitative estimate of drug-likeness (QED) is 0.776. The third-order valence-electron chi connectivity index (χ3n) is 4.89. The van der Waals surface area contributed by atoms with Crippen molar-refractivity contribution in [3.63, 3.8) is 0 Å². The number of ether oxygens (including phenoxy) is 1. The zero-order valence-corrected chi connectivity index (χ0v) is 16.0. The second-order valence-corrected chi connectivity index (χ2v) is 7.85. The molecular weight excluding hydrogens is 376 g/mol. The van der Waals surface area contributed by atoms with E-state index in [2.05, 4.69) is 16.7 Å². The van der Waals surface area contributed by atoms with Gasteiger partial charge in [0.1, 0.15) is 0 Å². The van der Waals surface area contributed by atoms with Crippen LogP contribution in [0.3, 0.4) is 0 Å². The standard InChI is InChI=1S/C21H20N2O4S/c24-19(22-16-7-3-5-13-4-1-2-6-15(13)16)11-27-21(26)14-8-9-18-17(10-14)23-20(25)12-28-18/h1-2,4,6,8-10,16H,3,5,7,11-12H2,(H,22,24)(H,23,25)/t16-/m0/s1. The molecule has 0 radical (unpaired) electrons. The van der Waals surface area contributed by atoms with Crippen LogP contribution in [0.1, 0.15) is 40.4 Å². The van der Waals surface area contributed by atoms with Crippen molar-refractivity contribution in [2.75, 3.05) is 17.7 Å². The highest BCUT2D eigenvalue weighted by Gasteiger charge is 2.22. The average molecular weight is 396 g/mol. The van der Waals surface area contributed by atoms with Crippen LogP contribution in [0.2, 0.25) is 0 Å². The summed E-state index contributed by atoms with van der Waals surface area (Å²) in [6, 6.07) is 13.0. The van der Waals surface area contributed by atoms with E-state index in [0.29, 0.717) is 17.0 Å². The van der Waals surface area contributed by atoms with Gasteiger partial charge in [-0.25, -0.2) is 4.79 Å². The monoisotopic (exact) mass is 396 g/mol. The number of nitrogens with one attached hydrogen (secondary N) is 2. The van der Waals surface area contributed by atoms with Crippen LogP contribution in [0.25, 0.3) is 0 Å². The van der Waals surface area contributed by atoms with E-state index < -0.39 is 5.97 Å². The van der Waals surface area contributed by atoms with Gasteiger partial charge in [0.25, 0.3) is 5.91 Å². The predicted molar refractivity (Wildman–Crippen MR) is 106 cm³/mol. The normalized spacial score (nSPS) is 17.7. The number of carbonyl (C=O) groups excluding carboxylic acids is 3. The number of benzene rings is 2. The Balaban J connectivity index is 1.35. The minimum Gasteiger partial charge on any atom is -0.452 e. The first kappa shape index (κ1) is 18.6. The number of amides is 2. The lowest BCUT2D eigenvalue weighted by molar-refractivity contribution is -0.125. The summed E-state index contributed by atoms with van der Waals surface area (Å²) in [5.74, 6) is -0.653. The van der Waals surface area contributed by atoms with Crippen molar-refractivity contribution in [3.8, 4) is 0 Å². The molecule has 6 nitrogen and oxygen atoms in total. The molecule has 0 fully saturated rings. The Hall–Kier alpha value is -2.80. The summed E-state index contributed by atoms with van der Waals surface area (Å²) in [5, 5.41) is 5.70. The van der Waals surface area contributed by atoms with Gasteiger partial charge in [-0.1, -0.05) is 24.3 Å². The molecule has 1 atom stereocenters. The Morgan fingerprint density at radius 2 is 2.07 bits per heavy atom. The van der Waals surface area contributed by atoms with Crippen LogP contribution in [0.15, 0.2) is 47.4 Å². The summed E-state index contributed by atoms with van der Waals surface area (Å²) in [6.45, 7) is -0.338. The second-order valence-electron chi connectivity index (χ2n) is 6.84. The summed E-state index contributed by atoms with van der Waals surface area (Å²) in [5.41, 5.74) is 3.29. The zero-order valence-electron chi connectivity index (χ0n) is 15.2. The van der Waals surface area contributed by atoms with Gasteiger partial charge in [-0.05, 0) is 48.6 Å². The fourth-order valence-electron chi connectivity index (χ4n) is 3.56. The van der Waals surface area contributed by atoms with Crippen LogP contribution >= 0.6 is 11.8 Å². The number of aryl methyl sites for hydroxylation is 1. The SMILES string of the molecule is O=C1CSc2ccc(C(=O)OCC(=O)N[C@H]3CCCc4ccccc43)cc2N1. The first-order valence-electron chi connectivity index (χ1n) is 9.21. The molecule has 2 aromatic rings. The fraction of sp³-hybridized carbons (Fsp3) is 0.286. The third-order valence-corrected chi connectivity index (χ3v) is 5.96. The van der Waals surface area contributed by atoms with Crippen LogP contribution in [0.4, 0.5) is 5.69 Å². The maximum absolute atomic E-state index is 12.3. The van der Waals surface area contributed by atoms with Gasteiger partial charge in [-0.15, -0.1) is 11.8 Å². The van der Waals surface area contributed by atoms with Crippen molar-refractivity contribution in [2.45, 2.75) is 30.2 Å². The van der Waals surface area contributed by atoms with Gasteiger partial charge < -0.3 is 15.4 Å². The van der Waals surface area contributed by atoms with Gasteiger partial charge >= 0.3 is 5.97 Å². The van der Waals surface area contributed by atoms with Gasteiger partial charge in [-0.2, -0.15) is 0 Å². The molecular formula is C21H20N2O4S. The maximum Gasteiger partial charge on any atom is 0.338 e. The maximum atomic E-state index is 12.3.